The molecule has 1 aliphatic heterocycles. The molecule has 4 heterocycles. The van der Waals surface area contributed by atoms with Gasteiger partial charge in [-0.2, -0.15) is 10.2 Å². The second-order valence-corrected chi connectivity index (χ2v) is 8.52. The Morgan fingerprint density at radius 3 is 2.93 bits per heavy atom. The van der Waals surface area contributed by atoms with Gasteiger partial charge in [-0.05, 0) is 37.6 Å². The summed E-state index contributed by atoms with van der Waals surface area (Å²) >= 11 is 1.51. The minimum Gasteiger partial charge on any atom is -0.374 e. The lowest BCUT2D eigenvalue weighted by atomic mass is 10.2. The third-order valence-electron chi connectivity index (χ3n) is 5.34. The summed E-state index contributed by atoms with van der Waals surface area (Å²) in [5.41, 5.74) is 1.93. The fourth-order valence-electron chi connectivity index (χ4n) is 3.86. The van der Waals surface area contributed by atoms with Gasteiger partial charge in [-0.1, -0.05) is 18.2 Å². The summed E-state index contributed by atoms with van der Waals surface area (Å²) in [7, 11) is 0. The molecule has 1 amide bonds. The van der Waals surface area contributed by atoms with Crippen molar-refractivity contribution in [3.63, 3.8) is 0 Å². The van der Waals surface area contributed by atoms with Gasteiger partial charge in [-0.25, -0.2) is 4.68 Å². The predicted molar refractivity (Wildman–Crippen MR) is 116 cm³/mol. The van der Waals surface area contributed by atoms with Crippen LogP contribution in [0.2, 0.25) is 0 Å². The number of thiophene rings is 1. The van der Waals surface area contributed by atoms with Crippen LogP contribution in [0, 0.1) is 6.92 Å². The molecule has 1 aromatic carbocycles. The van der Waals surface area contributed by atoms with Crippen molar-refractivity contribution in [3.05, 3.63) is 65.4 Å². The van der Waals surface area contributed by atoms with Gasteiger partial charge in [0.2, 0.25) is 0 Å². The van der Waals surface area contributed by atoms with Crippen LogP contribution in [0.4, 0.5) is 0 Å². The maximum absolute atomic E-state index is 13.4. The summed E-state index contributed by atoms with van der Waals surface area (Å²) in [4.78, 5) is 17.0. The first-order chi connectivity index (χ1) is 14.7. The number of aromatic nitrogens is 4. The Morgan fingerprint density at radius 2 is 2.13 bits per heavy atom. The zero-order chi connectivity index (χ0) is 20.5. The number of aryl methyl sites for hydroxylation is 1. The predicted octanol–water partition coefficient (Wildman–Crippen LogP) is 3.52. The molecule has 0 aliphatic carbocycles. The Hall–Kier alpha value is -2.97. The van der Waals surface area contributed by atoms with Gasteiger partial charge in [-0.15, -0.1) is 11.3 Å². The average molecular weight is 422 g/mol. The van der Waals surface area contributed by atoms with Crippen molar-refractivity contribution in [1.82, 2.24) is 24.5 Å². The monoisotopic (exact) mass is 421 g/mol. The largest absolute Gasteiger partial charge is 0.374 e. The smallest absolute Gasteiger partial charge is 0.264 e. The van der Waals surface area contributed by atoms with Gasteiger partial charge < -0.3 is 9.64 Å². The van der Waals surface area contributed by atoms with Crippen molar-refractivity contribution in [2.75, 3.05) is 19.7 Å². The zero-order valence-corrected chi connectivity index (χ0v) is 17.6. The normalized spacial score (nSPS) is 17.4. The average Bonchev–Trinajstić information content (AvgIpc) is 3.45. The van der Waals surface area contributed by atoms with Crippen molar-refractivity contribution in [3.8, 4) is 5.69 Å². The van der Waals surface area contributed by atoms with Crippen LogP contribution < -0.4 is 0 Å². The number of hydrogen-bond acceptors (Lipinski definition) is 5. The van der Waals surface area contributed by atoms with E-state index < -0.39 is 0 Å². The molecule has 1 fully saturated rings. The molecule has 0 spiro atoms. The highest BCUT2D eigenvalue weighted by molar-refractivity contribution is 7.20. The summed E-state index contributed by atoms with van der Waals surface area (Å²) in [6.07, 6.45) is 4.45. The van der Waals surface area contributed by atoms with Crippen molar-refractivity contribution < 1.29 is 9.53 Å². The van der Waals surface area contributed by atoms with E-state index in [1.54, 1.807) is 6.20 Å². The summed E-state index contributed by atoms with van der Waals surface area (Å²) in [6.45, 7) is 4.56. The van der Waals surface area contributed by atoms with Crippen LogP contribution in [0.5, 0.6) is 0 Å². The van der Waals surface area contributed by atoms with Crippen molar-refractivity contribution in [1.29, 1.82) is 0 Å². The number of carbonyl (C=O) groups is 1. The Balaban J connectivity index is 1.41. The summed E-state index contributed by atoms with van der Waals surface area (Å²) < 4.78 is 9.75. The summed E-state index contributed by atoms with van der Waals surface area (Å²) in [5.74, 6) is 0.0613. The van der Waals surface area contributed by atoms with E-state index in [1.807, 2.05) is 69.8 Å². The molecule has 4 aromatic rings. The minimum atomic E-state index is -0.0627. The van der Waals surface area contributed by atoms with Gasteiger partial charge in [0, 0.05) is 37.5 Å². The molecule has 1 atom stereocenters. The van der Waals surface area contributed by atoms with Crippen molar-refractivity contribution >= 4 is 27.5 Å². The summed E-state index contributed by atoms with van der Waals surface area (Å²) in [5, 5.41) is 9.97. The lowest BCUT2D eigenvalue weighted by Crippen LogP contribution is -2.38. The number of benzene rings is 1. The Kier molecular flexibility index (Phi) is 5.10. The van der Waals surface area contributed by atoms with Crippen molar-refractivity contribution in [2.45, 2.75) is 26.0 Å². The van der Waals surface area contributed by atoms with E-state index in [0.717, 1.165) is 32.9 Å². The zero-order valence-electron chi connectivity index (χ0n) is 16.8. The molecule has 0 bridgehead atoms. The van der Waals surface area contributed by atoms with E-state index in [2.05, 4.69) is 10.2 Å². The highest BCUT2D eigenvalue weighted by atomic mass is 32.1. The van der Waals surface area contributed by atoms with Crippen LogP contribution >= 0.6 is 11.3 Å². The molecular weight excluding hydrogens is 398 g/mol. The van der Waals surface area contributed by atoms with Crippen LogP contribution in [0.3, 0.4) is 0 Å². The molecule has 3 aromatic heterocycles. The van der Waals surface area contributed by atoms with E-state index in [1.165, 1.54) is 11.3 Å². The van der Waals surface area contributed by atoms with Gasteiger partial charge >= 0.3 is 0 Å². The fourth-order valence-corrected chi connectivity index (χ4v) is 5.01. The number of rotatable bonds is 4. The molecule has 0 N–H and O–H groups in total. The SMILES string of the molecule is Cc1nn(-c2ccccc2)c2sc(C(=O)N3CCCO[C@@H](Cn4cccn4)C3)cc12. The quantitative estimate of drug-likeness (QED) is 0.506. The molecule has 1 saturated heterocycles. The maximum Gasteiger partial charge on any atom is 0.264 e. The first-order valence-corrected chi connectivity index (χ1v) is 10.9. The lowest BCUT2D eigenvalue weighted by Gasteiger charge is -2.23. The van der Waals surface area contributed by atoms with E-state index in [9.17, 15) is 4.79 Å². The molecule has 5 rings (SSSR count). The standard InChI is InChI=1S/C22H23N5O2S/c1-16-19-13-20(30-22(19)27(24-16)17-7-3-2-4-8-17)21(28)25-10-6-12-29-18(14-25)15-26-11-5-9-23-26/h2-5,7-9,11,13,18H,6,10,12,14-15H2,1H3/t18-/m1/s1. The van der Waals surface area contributed by atoms with Crippen LogP contribution in [0.1, 0.15) is 21.8 Å². The van der Waals surface area contributed by atoms with Gasteiger partial charge in [0.05, 0.1) is 28.9 Å². The van der Waals surface area contributed by atoms with Crippen LogP contribution in [0.15, 0.2) is 54.9 Å². The second-order valence-electron chi connectivity index (χ2n) is 7.49. The number of ether oxygens (including phenoxy) is 1. The topological polar surface area (TPSA) is 65.2 Å². The molecule has 7 nitrogen and oxygen atoms in total. The number of hydrogen-bond donors (Lipinski definition) is 0. The van der Waals surface area contributed by atoms with Crippen molar-refractivity contribution in [2.24, 2.45) is 0 Å². The molecule has 30 heavy (non-hydrogen) atoms. The number of amides is 1. The molecule has 0 radical (unpaired) electrons. The van der Waals surface area contributed by atoms with Gasteiger partial charge in [0.1, 0.15) is 4.83 Å². The van der Waals surface area contributed by atoms with E-state index >= 15 is 0 Å². The summed E-state index contributed by atoms with van der Waals surface area (Å²) in [6, 6.07) is 13.9. The Morgan fingerprint density at radius 1 is 1.27 bits per heavy atom. The lowest BCUT2D eigenvalue weighted by molar-refractivity contribution is 0.0369. The first kappa shape index (κ1) is 19.0. The number of nitrogens with zero attached hydrogens (tertiary/aromatic N) is 5. The van der Waals surface area contributed by atoms with Crippen LogP contribution in [0.25, 0.3) is 15.9 Å². The number of carbonyl (C=O) groups excluding carboxylic acids is 1. The minimum absolute atomic E-state index is 0.0613. The Labute approximate surface area is 178 Å². The van der Waals surface area contributed by atoms with Crippen LogP contribution in [-0.2, 0) is 11.3 Å². The van der Waals surface area contributed by atoms with Crippen LogP contribution in [-0.4, -0.2) is 56.2 Å². The van der Waals surface area contributed by atoms with Gasteiger partial charge in [-0.3, -0.25) is 9.48 Å². The maximum atomic E-state index is 13.4. The highest BCUT2D eigenvalue weighted by Crippen LogP contribution is 2.31. The van der Waals surface area contributed by atoms with E-state index in [-0.39, 0.29) is 12.0 Å². The molecule has 8 heteroatoms. The first-order valence-electron chi connectivity index (χ1n) is 10.1. The fraction of sp³-hybridized carbons (Fsp3) is 0.318. The molecule has 0 saturated carbocycles. The number of fused-ring (bicyclic) bond motifs is 1. The van der Waals surface area contributed by atoms with Gasteiger partial charge in [0.25, 0.3) is 5.91 Å². The van der Waals surface area contributed by atoms with E-state index in [4.69, 9.17) is 4.74 Å². The third kappa shape index (κ3) is 3.64. The molecule has 154 valence electrons. The molecule has 1 aliphatic rings. The second kappa shape index (κ2) is 8.04. The molecule has 0 unspecified atom stereocenters. The third-order valence-corrected chi connectivity index (χ3v) is 6.44. The van der Waals surface area contributed by atoms with Gasteiger partial charge in [0.15, 0.2) is 0 Å². The van der Waals surface area contributed by atoms with E-state index in [0.29, 0.717) is 26.2 Å². The molecular formula is C22H23N5O2S. The highest BCUT2D eigenvalue weighted by Gasteiger charge is 2.26. The Bertz CT molecular complexity index is 1150. The number of para-hydroxylation sites is 1.